The molecule has 0 radical (unpaired) electrons. The maximum absolute atomic E-state index is 4.41. The number of rotatable bonds is 0. The summed E-state index contributed by atoms with van der Waals surface area (Å²) < 4.78 is 4.24. The summed E-state index contributed by atoms with van der Waals surface area (Å²) in [6.07, 6.45) is 2.13. The number of nitrogens with one attached hydrogen (secondary N) is 2. The lowest BCUT2D eigenvalue weighted by atomic mass is 10.2. The highest BCUT2D eigenvalue weighted by molar-refractivity contribution is 6.05. The minimum absolute atomic E-state index is 0.892. The number of tetrazole rings is 1. The van der Waals surface area contributed by atoms with Gasteiger partial charge in [0.25, 0.3) is 0 Å². The van der Waals surface area contributed by atoms with Crippen molar-refractivity contribution in [1.29, 1.82) is 0 Å². The molecule has 0 aliphatic heterocycles. The number of benzene rings is 2. The van der Waals surface area contributed by atoms with E-state index in [2.05, 4.69) is 75.5 Å². The third-order valence-electron chi connectivity index (χ3n) is 4.12. The van der Waals surface area contributed by atoms with Gasteiger partial charge >= 0.3 is 0 Å². The van der Waals surface area contributed by atoms with Gasteiger partial charge in [-0.15, -0.1) is 5.10 Å². The first kappa shape index (κ1) is 10.8. The van der Waals surface area contributed by atoms with Crippen molar-refractivity contribution >= 4 is 33.0 Å². The molecule has 0 aliphatic rings. The van der Waals surface area contributed by atoms with Crippen LogP contribution in [0.15, 0.2) is 48.7 Å². The Balaban J connectivity index is 2.31. The van der Waals surface area contributed by atoms with Gasteiger partial charge in [-0.05, 0) is 36.8 Å². The number of hydrogen-bond donors (Lipinski definition) is 2. The second-order valence-electron chi connectivity index (χ2n) is 5.42. The van der Waals surface area contributed by atoms with E-state index in [9.17, 15) is 0 Å². The van der Waals surface area contributed by atoms with Crippen molar-refractivity contribution in [2.24, 2.45) is 0 Å². The molecule has 0 amide bonds. The quantitative estimate of drug-likeness (QED) is 0.447. The lowest BCUT2D eigenvalue weighted by Crippen LogP contribution is -1.89. The Kier molecular flexibility index (Phi) is 1.84. The molecule has 102 valence electrons. The second-order valence-corrected chi connectivity index (χ2v) is 5.42. The highest BCUT2D eigenvalue weighted by atomic mass is 15.5. The SMILES string of the molecule is Cc1ccc2c(c1)n1ccc3cccc(c31)c1n[nH][nH]n21. The van der Waals surface area contributed by atoms with Crippen LogP contribution >= 0.6 is 0 Å². The monoisotopic (exact) mass is 275 g/mol. The van der Waals surface area contributed by atoms with Crippen molar-refractivity contribution < 1.29 is 0 Å². The lowest BCUT2D eigenvalue weighted by molar-refractivity contribution is 0.841. The molecule has 0 fully saturated rings. The first-order chi connectivity index (χ1) is 10.3. The van der Waals surface area contributed by atoms with Crippen LogP contribution in [0.3, 0.4) is 0 Å². The fourth-order valence-electron chi connectivity index (χ4n) is 3.18. The maximum Gasteiger partial charge on any atom is 0.184 e. The molecule has 3 heterocycles. The zero-order valence-electron chi connectivity index (χ0n) is 11.5. The number of H-pyrrole nitrogens is 2. The van der Waals surface area contributed by atoms with Crippen LogP contribution < -0.4 is 0 Å². The van der Waals surface area contributed by atoms with Gasteiger partial charge in [0.15, 0.2) is 5.65 Å². The Bertz CT molecular complexity index is 1150. The molecule has 3 aromatic heterocycles. The summed E-state index contributed by atoms with van der Waals surface area (Å²) in [5.74, 6) is 0. The topological polar surface area (TPSA) is 53.3 Å². The van der Waals surface area contributed by atoms with Crippen LogP contribution in [-0.2, 0) is 0 Å². The van der Waals surface area contributed by atoms with E-state index in [0.717, 1.165) is 22.1 Å². The summed E-state index contributed by atoms with van der Waals surface area (Å²) in [4.78, 5) is 0. The molecule has 0 unspecified atom stereocenters. The number of aryl methyl sites for hydroxylation is 1. The zero-order valence-corrected chi connectivity index (χ0v) is 11.5. The van der Waals surface area contributed by atoms with Crippen LogP contribution in [-0.4, -0.2) is 24.4 Å². The Morgan fingerprint density at radius 1 is 1.05 bits per heavy atom. The van der Waals surface area contributed by atoms with Gasteiger partial charge in [-0.1, -0.05) is 18.2 Å². The van der Waals surface area contributed by atoms with E-state index in [-0.39, 0.29) is 0 Å². The van der Waals surface area contributed by atoms with E-state index in [1.54, 1.807) is 0 Å². The molecule has 5 aromatic rings. The molecule has 0 spiro atoms. The lowest BCUT2D eigenvalue weighted by Gasteiger charge is -2.00. The number of para-hydroxylation sites is 1. The molecule has 2 N–H and O–H groups in total. The van der Waals surface area contributed by atoms with Crippen LogP contribution in [0.25, 0.3) is 33.0 Å². The summed E-state index contributed by atoms with van der Waals surface area (Å²) in [6, 6.07) is 14.9. The average Bonchev–Trinajstić information content (AvgIpc) is 3.11. The molecule has 0 bridgehead atoms. The molecule has 5 heteroatoms. The van der Waals surface area contributed by atoms with Crippen molar-refractivity contribution in [2.75, 3.05) is 0 Å². The zero-order chi connectivity index (χ0) is 14.0. The molecule has 5 rings (SSSR count). The van der Waals surface area contributed by atoms with E-state index in [0.29, 0.717) is 0 Å². The molecule has 0 atom stereocenters. The Morgan fingerprint density at radius 2 is 2.00 bits per heavy atom. The number of aromatic amines is 2. The normalized spacial score (nSPS) is 12.0. The van der Waals surface area contributed by atoms with E-state index < -0.39 is 0 Å². The Morgan fingerprint density at radius 3 is 2.95 bits per heavy atom. The van der Waals surface area contributed by atoms with Gasteiger partial charge in [0.2, 0.25) is 0 Å². The van der Waals surface area contributed by atoms with Crippen LogP contribution in [0.1, 0.15) is 5.56 Å². The van der Waals surface area contributed by atoms with Gasteiger partial charge in [0.05, 0.1) is 16.6 Å². The van der Waals surface area contributed by atoms with Crippen LogP contribution in [0.4, 0.5) is 0 Å². The van der Waals surface area contributed by atoms with Gasteiger partial charge in [-0.2, -0.15) is 0 Å². The number of fused-ring (bicyclic) bond motifs is 5. The van der Waals surface area contributed by atoms with Gasteiger partial charge in [-0.3, -0.25) is 0 Å². The molecule has 0 aliphatic carbocycles. The first-order valence-electron chi connectivity index (χ1n) is 6.93. The largest absolute Gasteiger partial charge is 0.314 e. The summed E-state index contributed by atoms with van der Waals surface area (Å²) in [6.45, 7) is 2.11. The highest BCUT2D eigenvalue weighted by Gasteiger charge is 2.11. The summed E-state index contributed by atoms with van der Waals surface area (Å²) in [5.41, 5.74) is 5.55. The molecular weight excluding hydrogens is 262 g/mol. The minimum Gasteiger partial charge on any atom is -0.314 e. The predicted octanol–water partition coefficient (Wildman–Crippen LogP) is 3.42. The number of aromatic nitrogens is 5. The molecular formula is C16H13N5. The second kappa shape index (κ2) is 3.58. The van der Waals surface area contributed by atoms with Gasteiger partial charge < -0.3 is 4.40 Å². The van der Waals surface area contributed by atoms with E-state index in [1.165, 1.54) is 16.5 Å². The van der Waals surface area contributed by atoms with Crippen molar-refractivity contribution in [3.8, 4) is 0 Å². The molecule has 0 saturated carbocycles. The third kappa shape index (κ3) is 1.27. The maximum atomic E-state index is 4.41. The average molecular weight is 275 g/mol. The predicted molar refractivity (Wildman–Crippen MR) is 83.4 cm³/mol. The van der Waals surface area contributed by atoms with E-state index in [1.807, 2.05) is 4.52 Å². The van der Waals surface area contributed by atoms with Gasteiger partial charge in [0.1, 0.15) is 0 Å². The van der Waals surface area contributed by atoms with Crippen molar-refractivity contribution in [1.82, 2.24) is 24.4 Å². The van der Waals surface area contributed by atoms with Crippen molar-refractivity contribution in [3.05, 3.63) is 54.2 Å². The van der Waals surface area contributed by atoms with Crippen molar-refractivity contribution in [2.45, 2.75) is 6.92 Å². The smallest absolute Gasteiger partial charge is 0.184 e. The Labute approximate surface area is 119 Å². The fourth-order valence-corrected chi connectivity index (χ4v) is 3.18. The Hall–Kier alpha value is -2.95. The summed E-state index contributed by atoms with van der Waals surface area (Å²) in [7, 11) is 0. The molecule has 5 nitrogen and oxygen atoms in total. The van der Waals surface area contributed by atoms with Crippen LogP contribution in [0.5, 0.6) is 0 Å². The standard InChI is InChI=1S/C16H13N5/c1-10-5-6-13-14(9-10)20-8-7-11-3-2-4-12(15(11)20)16-17-18-19-21(13)16/h2-9,18-19H,1H3. The van der Waals surface area contributed by atoms with Crippen LogP contribution in [0.2, 0.25) is 0 Å². The van der Waals surface area contributed by atoms with Gasteiger partial charge in [0, 0.05) is 17.0 Å². The van der Waals surface area contributed by atoms with E-state index in [4.69, 9.17) is 0 Å². The number of nitrogens with zero attached hydrogens (tertiary/aromatic N) is 3. The number of hydrogen-bond acceptors (Lipinski definition) is 1. The first-order valence-corrected chi connectivity index (χ1v) is 6.93. The fraction of sp³-hybridized carbons (Fsp3) is 0.0625. The molecule has 2 aromatic carbocycles. The van der Waals surface area contributed by atoms with Crippen molar-refractivity contribution in [3.63, 3.8) is 0 Å². The highest BCUT2D eigenvalue weighted by Crippen LogP contribution is 2.28. The van der Waals surface area contributed by atoms with Gasteiger partial charge in [-0.25, -0.2) is 14.9 Å². The molecule has 21 heavy (non-hydrogen) atoms. The third-order valence-corrected chi connectivity index (χ3v) is 4.12. The minimum atomic E-state index is 0.892. The summed E-state index contributed by atoms with van der Waals surface area (Å²) >= 11 is 0. The van der Waals surface area contributed by atoms with E-state index >= 15 is 0 Å². The molecule has 0 saturated heterocycles. The van der Waals surface area contributed by atoms with Crippen LogP contribution in [0, 0.1) is 6.92 Å². The summed E-state index contributed by atoms with van der Waals surface area (Å²) in [5, 5.41) is 12.7.